The summed E-state index contributed by atoms with van der Waals surface area (Å²) in [6.07, 6.45) is -4.69. The van der Waals surface area contributed by atoms with Crippen molar-refractivity contribution in [3.63, 3.8) is 0 Å². The number of aliphatic carboxylic acids is 1. The molecule has 9 heteroatoms. The van der Waals surface area contributed by atoms with Crippen LogP contribution < -0.4 is 0 Å². The SMILES string of the molecule is O=C(O)CN(CC(F)(F)F)C(=O)c1ccc(Cl)cc1Br. The fourth-order valence-electron chi connectivity index (χ4n) is 1.41. The predicted octanol–water partition coefficient (Wildman–Crippen LogP) is 3.19. The lowest BCUT2D eigenvalue weighted by molar-refractivity contribution is -0.149. The first-order valence-corrected chi connectivity index (χ1v) is 6.30. The molecule has 0 radical (unpaired) electrons. The van der Waals surface area contributed by atoms with Gasteiger partial charge < -0.3 is 10.0 Å². The van der Waals surface area contributed by atoms with E-state index in [1.807, 2.05) is 0 Å². The smallest absolute Gasteiger partial charge is 0.406 e. The van der Waals surface area contributed by atoms with Crippen LogP contribution >= 0.6 is 27.5 Å². The molecule has 0 bridgehead atoms. The van der Waals surface area contributed by atoms with E-state index in [9.17, 15) is 22.8 Å². The van der Waals surface area contributed by atoms with Crippen LogP contribution in [0.5, 0.6) is 0 Å². The van der Waals surface area contributed by atoms with E-state index < -0.39 is 31.1 Å². The van der Waals surface area contributed by atoms with Crippen molar-refractivity contribution in [1.82, 2.24) is 4.90 Å². The zero-order chi connectivity index (χ0) is 15.5. The Labute approximate surface area is 125 Å². The summed E-state index contributed by atoms with van der Waals surface area (Å²) in [5.41, 5.74) is -0.0973. The van der Waals surface area contributed by atoms with Crippen LogP contribution in [0.1, 0.15) is 10.4 Å². The third kappa shape index (κ3) is 5.01. The van der Waals surface area contributed by atoms with Gasteiger partial charge in [0.1, 0.15) is 13.1 Å². The summed E-state index contributed by atoms with van der Waals surface area (Å²) in [5.74, 6) is -2.58. The predicted molar refractivity (Wildman–Crippen MR) is 68.7 cm³/mol. The molecule has 4 nitrogen and oxygen atoms in total. The van der Waals surface area contributed by atoms with Crippen molar-refractivity contribution in [3.8, 4) is 0 Å². The van der Waals surface area contributed by atoms with Gasteiger partial charge in [-0.25, -0.2) is 0 Å². The standard InChI is InChI=1S/C11H8BrClF3NO3/c12-8-3-6(13)1-2-7(8)10(20)17(4-9(18)19)5-11(14,15)16/h1-3H,4-5H2,(H,18,19). The van der Waals surface area contributed by atoms with E-state index >= 15 is 0 Å². The minimum atomic E-state index is -4.69. The summed E-state index contributed by atoms with van der Waals surface area (Å²) in [7, 11) is 0. The number of hydrogen-bond acceptors (Lipinski definition) is 2. The first-order chi connectivity index (χ1) is 9.10. The molecule has 1 amide bonds. The number of nitrogens with zero attached hydrogens (tertiary/aromatic N) is 1. The summed E-state index contributed by atoms with van der Waals surface area (Å²) in [6, 6.07) is 3.88. The first kappa shape index (κ1) is 16.8. The van der Waals surface area contributed by atoms with Crippen LogP contribution in [0.25, 0.3) is 0 Å². The molecule has 0 saturated carbocycles. The number of hydrogen-bond donors (Lipinski definition) is 1. The number of carboxylic acids is 1. The van der Waals surface area contributed by atoms with Crippen LogP contribution in [0.15, 0.2) is 22.7 Å². The molecule has 1 aromatic rings. The number of carbonyl (C=O) groups is 2. The minimum Gasteiger partial charge on any atom is -0.480 e. The molecule has 0 aliphatic carbocycles. The monoisotopic (exact) mass is 373 g/mol. The summed E-state index contributed by atoms with van der Waals surface area (Å²) in [4.78, 5) is 22.8. The average Bonchev–Trinajstić information content (AvgIpc) is 2.24. The van der Waals surface area contributed by atoms with E-state index in [2.05, 4.69) is 15.9 Å². The third-order valence-corrected chi connectivity index (χ3v) is 3.04. The topological polar surface area (TPSA) is 57.6 Å². The fourth-order valence-corrected chi connectivity index (χ4v) is 2.26. The van der Waals surface area contributed by atoms with Crippen molar-refractivity contribution >= 4 is 39.4 Å². The number of rotatable bonds is 4. The minimum absolute atomic E-state index is 0.0973. The van der Waals surface area contributed by atoms with Crippen molar-refractivity contribution in [3.05, 3.63) is 33.3 Å². The number of halogens is 5. The van der Waals surface area contributed by atoms with Crippen molar-refractivity contribution in [1.29, 1.82) is 0 Å². The van der Waals surface area contributed by atoms with E-state index in [1.54, 1.807) is 0 Å². The quantitative estimate of drug-likeness (QED) is 0.880. The summed E-state index contributed by atoms with van der Waals surface area (Å²) in [5, 5.41) is 8.88. The number of alkyl halides is 3. The van der Waals surface area contributed by atoms with Crippen LogP contribution in [0.4, 0.5) is 13.2 Å². The number of carbonyl (C=O) groups excluding carboxylic acids is 1. The maximum atomic E-state index is 12.4. The van der Waals surface area contributed by atoms with Crippen LogP contribution in [0, 0.1) is 0 Å². The lowest BCUT2D eigenvalue weighted by Crippen LogP contribution is -2.42. The molecule has 0 unspecified atom stereocenters. The van der Waals surface area contributed by atoms with Gasteiger partial charge in [0, 0.05) is 9.50 Å². The third-order valence-electron chi connectivity index (χ3n) is 2.15. The highest BCUT2D eigenvalue weighted by Crippen LogP contribution is 2.24. The molecule has 0 fully saturated rings. The van der Waals surface area contributed by atoms with Gasteiger partial charge in [0.2, 0.25) is 0 Å². The summed E-state index contributed by atoms with van der Waals surface area (Å²) < 4.78 is 37.3. The Hall–Kier alpha value is -1.28. The molecule has 20 heavy (non-hydrogen) atoms. The molecule has 0 saturated heterocycles. The molecule has 0 heterocycles. The Morgan fingerprint density at radius 3 is 2.40 bits per heavy atom. The molecule has 110 valence electrons. The maximum Gasteiger partial charge on any atom is 0.406 e. The molecule has 1 rings (SSSR count). The van der Waals surface area contributed by atoms with Gasteiger partial charge in [-0.05, 0) is 34.1 Å². The second kappa shape index (κ2) is 6.45. The Kier molecular flexibility index (Phi) is 5.41. The van der Waals surface area contributed by atoms with E-state index in [-0.39, 0.29) is 20.0 Å². The average molecular weight is 375 g/mol. The first-order valence-electron chi connectivity index (χ1n) is 5.13. The van der Waals surface area contributed by atoms with Gasteiger partial charge in [-0.15, -0.1) is 0 Å². The van der Waals surface area contributed by atoms with Crippen LogP contribution in [0.3, 0.4) is 0 Å². The molecular formula is C11H8BrClF3NO3. The fraction of sp³-hybridized carbons (Fsp3) is 0.273. The lowest BCUT2D eigenvalue weighted by atomic mass is 10.2. The van der Waals surface area contributed by atoms with E-state index in [1.165, 1.54) is 18.2 Å². The highest BCUT2D eigenvalue weighted by molar-refractivity contribution is 9.10. The van der Waals surface area contributed by atoms with Gasteiger partial charge in [0.15, 0.2) is 0 Å². The van der Waals surface area contributed by atoms with Gasteiger partial charge in [-0.1, -0.05) is 11.6 Å². The number of amides is 1. The molecule has 0 aliphatic heterocycles. The van der Waals surface area contributed by atoms with Gasteiger partial charge in [0.05, 0.1) is 5.56 Å². The maximum absolute atomic E-state index is 12.4. The molecule has 1 aromatic carbocycles. The number of carboxylic acid groups (broad SMARTS) is 1. The van der Waals surface area contributed by atoms with Gasteiger partial charge in [-0.3, -0.25) is 9.59 Å². The lowest BCUT2D eigenvalue weighted by Gasteiger charge is -2.22. The summed E-state index contributed by atoms with van der Waals surface area (Å²) >= 11 is 8.66. The Bertz CT molecular complexity index is 536. The Morgan fingerprint density at radius 2 is 1.95 bits per heavy atom. The van der Waals surface area contributed by atoms with Gasteiger partial charge in [0.25, 0.3) is 5.91 Å². The highest BCUT2D eigenvalue weighted by atomic mass is 79.9. The van der Waals surface area contributed by atoms with Crippen molar-refractivity contribution in [2.45, 2.75) is 6.18 Å². The van der Waals surface area contributed by atoms with Crippen molar-refractivity contribution in [2.24, 2.45) is 0 Å². The van der Waals surface area contributed by atoms with Crippen LogP contribution in [-0.2, 0) is 4.79 Å². The number of benzene rings is 1. The zero-order valence-corrected chi connectivity index (χ0v) is 12.1. The van der Waals surface area contributed by atoms with E-state index in [0.29, 0.717) is 0 Å². The Balaban J connectivity index is 3.06. The van der Waals surface area contributed by atoms with Gasteiger partial charge >= 0.3 is 12.1 Å². The van der Waals surface area contributed by atoms with E-state index in [4.69, 9.17) is 16.7 Å². The largest absolute Gasteiger partial charge is 0.480 e. The van der Waals surface area contributed by atoms with Crippen LogP contribution in [0.2, 0.25) is 5.02 Å². The Morgan fingerprint density at radius 1 is 1.35 bits per heavy atom. The second-order valence-corrected chi connectivity index (χ2v) is 5.09. The molecule has 0 spiro atoms. The van der Waals surface area contributed by atoms with Gasteiger partial charge in [-0.2, -0.15) is 13.2 Å². The second-order valence-electron chi connectivity index (χ2n) is 3.79. The highest BCUT2D eigenvalue weighted by Gasteiger charge is 2.34. The summed E-state index contributed by atoms with van der Waals surface area (Å²) in [6.45, 7) is -2.69. The van der Waals surface area contributed by atoms with Crippen molar-refractivity contribution in [2.75, 3.05) is 13.1 Å². The molecule has 0 atom stereocenters. The molecule has 1 N–H and O–H groups in total. The normalized spacial score (nSPS) is 11.2. The zero-order valence-electron chi connectivity index (χ0n) is 9.75. The molecule has 0 aliphatic rings. The van der Waals surface area contributed by atoms with E-state index in [0.717, 1.165) is 0 Å². The molecular weight excluding hydrogens is 366 g/mol. The van der Waals surface area contributed by atoms with Crippen molar-refractivity contribution < 1.29 is 27.9 Å². The molecule has 0 aromatic heterocycles. The van der Waals surface area contributed by atoms with Crippen LogP contribution in [-0.4, -0.2) is 41.1 Å².